The Hall–Kier alpha value is -4.32. The molecular weight excluding hydrogens is 546 g/mol. The van der Waals surface area contributed by atoms with Gasteiger partial charge in [0.05, 0.1) is 24.1 Å². The first-order valence-corrected chi connectivity index (χ1v) is 13.9. The van der Waals surface area contributed by atoms with Crippen molar-refractivity contribution in [3.05, 3.63) is 70.3 Å². The van der Waals surface area contributed by atoms with Gasteiger partial charge in [-0.2, -0.15) is 8.78 Å². The molecule has 10 nitrogen and oxygen atoms in total. The third-order valence-electron chi connectivity index (χ3n) is 8.05. The molecule has 2 aromatic heterocycles. The minimum Gasteiger partial charge on any atom is -0.434 e. The maximum absolute atomic E-state index is 13.1. The maximum atomic E-state index is 13.1. The third-order valence-corrected chi connectivity index (χ3v) is 8.05. The van der Waals surface area contributed by atoms with Gasteiger partial charge in [-0.15, -0.1) is 0 Å². The predicted octanol–water partition coefficient (Wildman–Crippen LogP) is 3.58. The van der Waals surface area contributed by atoms with Gasteiger partial charge < -0.3 is 19.3 Å². The molecule has 4 aromatic rings. The highest BCUT2D eigenvalue weighted by atomic mass is 19.3. The molecule has 42 heavy (non-hydrogen) atoms. The van der Waals surface area contributed by atoms with E-state index in [2.05, 4.69) is 14.9 Å². The van der Waals surface area contributed by atoms with E-state index in [9.17, 15) is 18.4 Å². The molecule has 220 valence electrons. The largest absolute Gasteiger partial charge is 0.434 e. The van der Waals surface area contributed by atoms with Crippen LogP contribution in [0.5, 0.6) is 5.75 Å². The number of ether oxygens (including phenoxy) is 2. The number of hydrogen-bond acceptors (Lipinski definition) is 7. The Morgan fingerprint density at radius 2 is 1.88 bits per heavy atom. The van der Waals surface area contributed by atoms with E-state index in [4.69, 9.17) is 9.47 Å². The van der Waals surface area contributed by atoms with Gasteiger partial charge in [-0.3, -0.25) is 19.0 Å². The minimum atomic E-state index is -2.96. The Kier molecular flexibility index (Phi) is 7.40. The van der Waals surface area contributed by atoms with E-state index in [0.717, 1.165) is 23.1 Å². The van der Waals surface area contributed by atoms with Crippen LogP contribution in [-0.2, 0) is 23.1 Å². The standard InChI is InChI=1S/C30H32F2N6O4/c1-18-4-7-25(42-29(31)32)21(12-18)17-38-24-13-20(5-6-23(24)27(39)35(38)3)22-14-33-30(34-15-22)36-9-10-37(19(2)16-36)28(40)26-8-11-41-26/h4-7,12-15,19,26,29H,8-11,16-17H2,1-3H3/t19-,26?/m1/s1. The molecule has 4 heterocycles. The highest BCUT2D eigenvalue weighted by Crippen LogP contribution is 2.28. The van der Waals surface area contributed by atoms with Crippen molar-refractivity contribution in [2.45, 2.75) is 45.6 Å². The number of carbonyl (C=O) groups excluding carboxylic acids is 1. The first-order valence-electron chi connectivity index (χ1n) is 13.9. The van der Waals surface area contributed by atoms with Crippen molar-refractivity contribution in [1.29, 1.82) is 0 Å². The van der Waals surface area contributed by atoms with Crippen molar-refractivity contribution in [2.75, 3.05) is 31.1 Å². The normalized spacial score (nSPS) is 18.9. The number of nitrogens with zero attached hydrogens (tertiary/aromatic N) is 6. The summed E-state index contributed by atoms with van der Waals surface area (Å²) in [6.07, 6.45) is 3.96. The summed E-state index contributed by atoms with van der Waals surface area (Å²) < 4.78 is 39.5. The minimum absolute atomic E-state index is 0.0101. The molecule has 1 unspecified atom stereocenters. The molecule has 0 bridgehead atoms. The number of halogens is 2. The van der Waals surface area contributed by atoms with Crippen LogP contribution in [0.1, 0.15) is 24.5 Å². The molecule has 12 heteroatoms. The summed E-state index contributed by atoms with van der Waals surface area (Å²) in [6.45, 7) is 3.57. The monoisotopic (exact) mass is 578 g/mol. The van der Waals surface area contributed by atoms with E-state index in [1.165, 1.54) is 10.7 Å². The van der Waals surface area contributed by atoms with Crippen molar-refractivity contribution in [3.8, 4) is 16.9 Å². The Morgan fingerprint density at radius 3 is 2.55 bits per heavy atom. The summed E-state index contributed by atoms with van der Waals surface area (Å²) in [4.78, 5) is 38.8. The summed E-state index contributed by atoms with van der Waals surface area (Å²) in [5.41, 5.74) is 3.47. The molecule has 2 aliphatic heterocycles. The lowest BCUT2D eigenvalue weighted by atomic mass is 10.1. The number of piperazine rings is 1. The van der Waals surface area contributed by atoms with Crippen LogP contribution < -0.4 is 15.2 Å². The zero-order valence-electron chi connectivity index (χ0n) is 23.7. The number of rotatable bonds is 7. The number of alkyl halides is 2. The second-order valence-corrected chi connectivity index (χ2v) is 10.9. The Morgan fingerprint density at radius 1 is 1.12 bits per heavy atom. The van der Waals surface area contributed by atoms with Crippen molar-refractivity contribution < 1.29 is 23.0 Å². The zero-order valence-corrected chi connectivity index (χ0v) is 23.7. The molecule has 0 saturated carbocycles. The third kappa shape index (κ3) is 5.22. The lowest BCUT2D eigenvalue weighted by Crippen LogP contribution is -2.58. The SMILES string of the molecule is Cc1ccc(OC(F)F)c(Cn2c3cc(-c4cnc(N5CCN(C(=O)C6CCO6)[C@H](C)C5)nc4)ccc3c(=O)n2C)c1. The van der Waals surface area contributed by atoms with Crippen LogP contribution in [0.15, 0.2) is 53.6 Å². The molecule has 0 N–H and O–H groups in total. The van der Waals surface area contributed by atoms with Gasteiger partial charge in [0.25, 0.3) is 11.5 Å². The highest BCUT2D eigenvalue weighted by Gasteiger charge is 2.35. The molecule has 0 radical (unpaired) electrons. The van der Waals surface area contributed by atoms with Crippen LogP contribution >= 0.6 is 0 Å². The second-order valence-electron chi connectivity index (χ2n) is 10.9. The van der Waals surface area contributed by atoms with E-state index in [1.54, 1.807) is 42.3 Å². The van der Waals surface area contributed by atoms with E-state index in [0.29, 0.717) is 48.7 Å². The fourth-order valence-corrected chi connectivity index (χ4v) is 5.66. The van der Waals surface area contributed by atoms with Crippen LogP contribution in [0.4, 0.5) is 14.7 Å². The molecule has 2 aliphatic rings. The first kappa shape index (κ1) is 27.8. The molecule has 6 rings (SSSR count). The number of amides is 1. The molecule has 2 saturated heterocycles. The Bertz CT molecular complexity index is 1680. The summed E-state index contributed by atoms with van der Waals surface area (Å²) in [5.74, 6) is 0.710. The van der Waals surface area contributed by atoms with Crippen molar-refractivity contribution in [2.24, 2.45) is 7.05 Å². The molecule has 1 amide bonds. The molecular formula is C30H32F2N6O4. The highest BCUT2D eigenvalue weighted by molar-refractivity contribution is 5.84. The lowest BCUT2D eigenvalue weighted by Gasteiger charge is -2.42. The summed E-state index contributed by atoms with van der Waals surface area (Å²) in [7, 11) is 1.65. The van der Waals surface area contributed by atoms with Crippen LogP contribution in [0, 0.1) is 6.92 Å². The van der Waals surface area contributed by atoms with Crippen LogP contribution in [0.3, 0.4) is 0 Å². The van der Waals surface area contributed by atoms with Crippen molar-refractivity contribution in [1.82, 2.24) is 24.2 Å². The summed E-state index contributed by atoms with van der Waals surface area (Å²) in [5, 5.41) is 0.511. The topological polar surface area (TPSA) is 94.7 Å². The zero-order chi connectivity index (χ0) is 29.5. The lowest BCUT2D eigenvalue weighted by molar-refractivity contribution is -0.158. The number of hydrogen-bond donors (Lipinski definition) is 0. The average molecular weight is 579 g/mol. The Labute approximate surface area is 241 Å². The number of carbonyl (C=O) groups is 1. The average Bonchev–Trinajstić information content (AvgIpc) is 3.17. The smallest absolute Gasteiger partial charge is 0.387 e. The van der Waals surface area contributed by atoms with Crippen molar-refractivity contribution in [3.63, 3.8) is 0 Å². The van der Waals surface area contributed by atoms with Gasteiger partial charge in [-0.25, -0.2) is 9.97 Å². The Balaban J connectivity index is 1.24. The van der Waals surface area contributed by atoms with Gasteiger partial charge in [0.15, 0.2) is 0 Å². The number of benzene rings is 2. The van der Waals surface area contributed by atoms with Gasteiger partial charge in [-0.05, 0) is 37.6 Å². The number of fused-ring (bicyclic) bond motifs is 1. The summed E-state index contributed by atoms with van der Waals surface area (Å²) >= 11 is 0. The summed E-state index contributed by atoms with van der Waals surface area (Å²) in [6, 6.07) is 10.5. The molecule has 0 aliphatic carbocycles. The van der Waals surface area contributed by atoms with Crippen LogP contribution in [0.2, 0.25) is 0 Å². The first-order chi connectivity index (χ1) is 20.2. The number of aryl methyl sites for hydroxylation is 1. The fourth-order valence-electron chi connectivity index (χ4n) is 5.66. The van der Waals surface area contributed by atoms with Crippen molar-refractivity contribution >= 4 is 22.8 Å². The van der Waals surface area contributed by atoms with E-state index in [1.807, 2.05) is 30.9 Å². The van der Waals surface area contributed by atoms with Gasteiger partial charge in [0, 0.05) is 62.7 Å². The van der Waals surface area contributed by atoms with E-state index >= 15 is 0 Å². The van der Waals surface area contributed by atoms with Crippen LogP contribution in [0.25, 0.3) is 22.0 Å². The quantitative estimate of drug-likeness (QED) is 0.331. The molecule has 0 spiro atoms. The van der Waals surface area contributed by atoms with Gasteiger partial charge in [0.1, 0.15) is 11.9 Å². The second kappa shape index (κ2) is 11.2. The molecule has 2 fully saturated rings. The molecule has 2 atom stereocenters. The van der Waals surface area contributed by atoms with Gasteiger partial charge >= 0.3 is 6.61 Å². The van der Waals surface area contributed by atoms with Gasteiger partial charge in [-0.1, -0.05) is 23.8 Å². The van der Waals surface area contributed by atoms with E-state index < -0.39 is 6.61 Å². The number of aromatic nitrogens is 4. The molecule has 2 aromatic carbocycles. The van der Waals surface area contributed by atoms with Gasteiger partial charge in [0.2, 0.25) is 5.95 Å². The van der Waals surface area contributed by atoms with Crippen LogP contribution in [-0.4, -0.2) is 75.1 Å². The fraction of sp³-hybridized carbons (Fsp3) is 0.400. The number of anilines is 1. The van der Waals surface area contributed by atoms with E-state index in [-0.39, 0.29) is 35.9 Å². The maximum Gasteiger partial charge on any atom is 0.387 e. The predicted molar refractivity (Wildman–Crippen MR) is 153 cm³/mol.